The molecule has 5 nitrogen and oxygen atoms in total. The fourth-order valence-corrected chi connectivity index (χ4v) is 3.85. The molecule has 1 N–H and O–H groups in total. The Bertz CT molecular complexity index is 725. The first-order valence-corrected chi connectivity index (χ1v) is 8.94. The lowest BCUT2D eigenvalue weighted by Gasteiger charge is -2.14. The number of methoxy groups -OCH3 is 2. The summed E-state index contributed by atoms with van der Waals surface area (Å²) in [6.07, 6.45) is 0.750. The van der Waals surface area contributed by atoms with Crippen LogP contribution in [0, 0.1) is 0 Å². The summed E-state index contributed by atoms with van der Waals surface area (Å²) in [6, 6.07) is 13.5. The lowest BCUT2D eigenvalue weighted by molar-refractivity contribution is -0.115. The summed E-state index contributed by atoms with van der Waals surface area (Å²) >= 11 is 1.61. The van der Waals surface area contributed by atoms with Crippen LogP contribution in [0.4, 0.5) is 5.69 Å². The van der Waals surface area contributed by atoms with Crippen LogP contribution in [0.5, 0.6) is 11.5 Å². The van der Waals surface area contributed by atoms with Crippen LogP contribution in [-0.4, -0.2) is 38.6 Å². The smallest absolute Gasteiger partial charge is 0.238 e. The lowest BCUT2D eigenvalue weighted by atomic mass is 10.1. The Labute approximate surface area is 151 Å². The number of fused-ring (bicyclic) bond motifs is 1. The molecule has 0 fully saturated rings. The van der Waals surface area contributed by atoms with E-state index in [4.69, 9.17) is 14.2 Å². The van der Waals surface area contributed by atoms with Crippen LogP contribution in [0.1, 0.15) is 5.56 Å². The largest absolute Gasteiger partial charge is 0.493 e. The molecule has 0 aliphatic carbocycles. The highest BCUT2D eigenvalue weighted by Crippen LogP contribution is 2.37. The van der Waals surface area contributed by atoms with Crippen molar-refractivity contribution in [1.29, 1.82) is 0 Å². The number of amides is 1. The number of ether oxygens (including phenoxy) is 3. The Balaban J connectivity index is 1.66. The standard InChI is InChI=1S/C19H21NO4S/c1-22-9-10-24-16-12-14(7-8-15(16)23-2)20-19(21)18-11-13-5-3-4-6-17(13)25-18/h3-8,12,18H,9-11H2,1-2H3,(H,20,21). The third-order valence-corrected chi connectivity index (χ3v) is 5.23. The van der Waals surface area contributed by atoms with E-state index in [-0.39, 0.29) is 11.2 Å². The first-order chi connectivity index (χ1) is 12.2. The number of hydrogen-bond donors (Lipinski definition) is 1. The monoisotopic (exact) mass is 359 g/mol. The number of hydrogen-bond acceptors (Lipinski definition) is 5. The third kappa shape index (κ3) is 4.27. The number of carbonyl (C=O) groups is 1. The van der Waals surface area contributed by atoms with Crippen LogP contribution < -0.4 is 14.8 Å². The van der Waals surface area contributed by atoms with Gasteiger partial charge in [-0.1, -0.05) is 18.2 Å². The highest BCUT2D eigenvalue weighted by atomic mass is 32.2. The van der Waals surface area contributed by atoms with Crippen molar-refractivity contribution in [2.45, 2.75) is 16.6 Å². The quantitative estimate of drug-likeness (QED) is 0.768. The molecule has 132 valence electrons. The summed E-state index contributed by atoms with van der Waals surface area (Å²) in [6.45, 7) is 0.898. The van der Waals surface area contributed by atoms with Crippen LogP contribution in [-0.2, 0) is 16.0 Å². The van der Waals surface area contributed by atoms with E-state index in [2.05, 4.69) is 17.4 Å². The van der Waals surface area contributed by atoms with E-state index < -0.39 is 0 Å². The molecule has 2 aromatic rings. The molecule has 1 aliphatic heterocycles. The van der Waals surface area contributed by atoms with Gasteiger partial charge in [0, 0.05) is 23.8 Å². The Morgan fingerprint density at radius 3 is 2.76 bits per heavy atom. The topological polar surface area (TPSA) is 56.8 Å². The fraction of sp³-hybridized carbons (Fsp3) is 0.316. The maximum Gasteiger partial charge on any atom is 0.238 e. The van der Waals surface area contributed by atoms with E-state index in [9.17, 15) is 4.79 Å². The van der Waals surface area contributed by atoms with Crippen molar-refractivity contribution in [2.24, 2.45) is 0 Å². The van der Waals surface area contributed by atoms with Crippen LogP contribution in [0.25, 0.3) is 0 Å². The second-order valence-corrected chi connectivity index (χ2v) is 6.86. The van der Waals surface area contributed by atoms with Gasteiger partial charge in [0.25, 0.3) is 0 Å². The fourth-order valence-electron chi connectivity index (χ4n) is 2.65. The van der Waals surface area contributed by atoms with E-state index >= 15 is 0 Å². The molecule has 0 aromatic heterocycles. The Hall–Kier alpha value is -2.18. The van der Waals surface area contributed by atoms with Crippen LogP contribution in [0.15, 0.2) is 47.4 Å². The molecule has 0 spiro atoms. The molecule has 25 heavy (non-hydrogen) atoms. The predicted octanol–water partition coefficient (Wildman–Crippen LogP) is 3.38. The lowest BCUT2D eigenvalue weighted by Crippen LogP contribution is -2.24. The van der Waals surface area contributed by atoms with Crippen molar-refractivity contribution in [3.63, 3.8) is 0 Å². The number of benzene rings is 2. The average molecular weight is 359 g/mol. The molecule has 1 unspecified atom stereocenters. The van der Waals surface area contributed by atoms with Gasteiger partial charge in [-0.25, -0.2) is 0 Å². The van der Waals surface area contributed by atoms with Gasteiger partial charge >= 0.3 is 0 Å². The molecule has 0 saturated carbocycles. The minimum absolute atomic E-state index is 0.00536. The van der Waals surface area contributed by atoms with Crippen molar-refractivity contribution in [3.05, 3.63) is 48.0 Å². The van der Waals surface area contributed by atoms with Gasteiger partial charge in [0.1, 0.15) is 6.61 Å². The summed E-state index contributed by atoms with van der Waals surface area (Å²) in [4.78, 5) is 13.8. The minimum atomic E-state index is -0.114. The summed E-state index contributed by atoms with van der Waals surface area (Å²) in [5.41, 5.74) is 1.92. The second-order valence-electron chi connectivity index (χ2n) is 5.61. The van der Waals surface area contributed by atoms with Crippen molar-refractivity contribution >= 4 is 23.4 Å². The van der Waals surface area contributed by atoms with Gasteiger partial charge in [0.15, 0.2) is 11.5 Å². The molecular formula is C19H21NO4S. The summed E-state index contributed by atoms with van der Waals surface area (Å²) < 4.78 is 15.9. The molecule has 1 heterocycles. The number of anilines is 1. The van der Waals surface area contributed by atoms with Gasteiger partial charge in [-0.2, -0.15) is 0 Å². The molecule has 2 aromatic carbocycles. The van der Waals surface area contributed by atoms with Crippen LogP contribution in [0.2, 0.25) is 0 Å². The molecule has 0 saturated heterocycles. The van der Waals surface area contributed by atoms with Gasteiger partial charge in [0.05, 0.1) is 19.0 Å². The van der Waals surface area contributed by atoms with Gasteiger partial charge < -0.3 is 19.5 Å². The highest BCUT2D eigenvalue weighted by molar-refractivity contribution is 8.01. The molecule has 1 amide bonds. The van der Waals surface area contributed by atoms with Crippen molar-refractivity contribution < 1.29 is 19.0 Å². The molecule has 1 aliphatic rings. The van der Waals surface area contributed by atoms with Crippen molar-refractivity contribution in [3.8, 4) is 11.5 Å². The Morgan fingerprint density at radius 1 is 1.16 bits per heavy atom. The summed E-state index contributed by atoms with van der Waals surface area (Å²) in [7, 11) is 3.21. The SMILES string of the molecule is COCCOc1cc(NC(=O)C2Cc3ccccc3S2)ccc1OC. The first kappa shape index (κ1) is 17.6. The Kier molecular flexibility index (Phi) is 5.83. The number of nitrogens with one attached hydrogen (secondary N) is 1. The minimum Gasteiger partial charge on any atom is -0.493 e. The first-order valence-electron chi connectivity index (χ1n) is 8.06. The zero-order valence-electron chi connectivity index (χ0n) is 14.3. The van der Waals surface area contributed by atoms with Crippen LogP contribution in [0.3, 0.4) is 0 Å². The van der Waals surface area contributed by atoms with Gasteiger partial charge in [-0.3, -0.25) is 4.79 Å². The van der Waals surface area contributed by atoms with Crippen molar-refractivity contribution in [2.75, 3.05) is 32.8 Å². The zero-order valence-corrected chi connectivity index (χ0v) is 15.1. The maximum atomic E-state index is 12.6. The molecule has 0 radical (unpaired) electrons. The Morgan fingerprint density at radius 2 is 2.00 bits per heavy atom. The molecule has 0 bridgehead atoms. The van der Waals surface area contributed by atoms with Gasteiger partial charge in [-0.15, -0.1) is 11.8 Å². The average Bonchev–Trinajstić information content (AvgIpc) is 3.06. The molecule has 1 atom stereocenters. The second kappa shape index (κ2) is 8.27. The molecule has 6 heteroatoms. The summed E-state index contributed by atoms with van der Waals surface area (Å²) in [5.74, 6) is 1.20. The van der Waals surface area contributed by atoms with Gasteiger partial charge in [0.2, 0.25) is 5.91 Å². The maximum absolute atomic E-state index is 12.6. The van der Waals surface area contributed by atoms with E-state index in [0.717, 1.165) is 6.42 Å². The van der Waals surface area contributed by atoms with Crippen molar-refractivity contribution in [1.82, 2.24) is 0 Å². The van der Waals surface area contributed by atoms with E-state index in [0.29, 0.717) is 30.4 Å². The molecule has 3 rings (SSSR count). The number of carbonyl (C=O) groups excluding carboxylic acids is 1. The normalized spacial score (nSPS) is 15.5. The van der Waals surface area contributed by atoms with E-state index in [1.807, 2.05) is 18.2 Å². The third-order valence-electron chi connectivity index (χ3n) is 3.92. The highest BCUT2D eigenvalue weighted by Gasteiger charge is 2.28. The van der Waals surface area contributed by atoms with E-state index in [1.165, 1.54) is 10.5 Å². The summed E-state index contributed by atoms with van der Waals surface area (Å²) in [5, 5.41) is 2.86. The van der Waals surface area contributed by atoms with Crippen LogP contribution >= 0.6 is 11.8 Å². The predicted molar refractivity (Wildman–Crippen MR) is 98.8 cm³/mol. The number of rotatable bonds is 7. The molecular weight excluding hydrogens is 338 g/mol. The number of thioether (sulfide) groups is 1. The van der Waals surface area contributed by atoms with Gasteiger partial charge in [-0.05, 0) is 30.2 Å². The zero-order chi connectivity index (χ0) is 17.6. The van der Waals surface area contributed by atoms with E-state index in [1.54, 1.807) is 38.1 Å².